The van der Waals surface area contributed by atoms with Gasteiger partial charge in [0.05, 0.1) is 13.0 Å². The van der Waals surface area contributed by atoms with Crippen LogP contribution in [0, 0.1) is 12.8 Å². The van der Waals surface area contributed by atoms with Crippen LogP contribution in [-0.2, 0) is 29.0 Å². The number of carbonyl (C=O) groups excluding carboxylic acids is 2. The van der Waals surface area contributed by atoms with Crippen LogP contribution in [0.1, 0.15) is 34.5 Å². The minimum absolute atomic E-state index is 0.0820. The van der Waals surface area contributed by atoms with E-state index >= 15 is 0 Å². The summed E-state index contributed by atoms with van der Waals surface area (Å²) in [5, 5.41) is 12.3. The summed E-state index contributed by atoms with van der Waals surface area (Å²) in [5.74, 6) is 0.239. The van der Waals surface area contributed by atoms with Crippen molar-refractivity contribution in [3.63, 3.8) is 0 Å². The van der Waals surface area contributed by atoms with Gasteiger partial charge in [-0.25, -0.2) is 0 Å². The van der Waals surface area contributed by atoms with Gasteiger partial charge in [-0.15, -0.1) is 10.2 Å². The summed E-state index contributed by atoms with van der Waals surface area (Å²) < 4.78 is 5.50. The van der Waals surface area contributed by atoms with E-state index in [1.807, 2.05) is 6.92 Å². The molecule has 27 heavy (non-hydrogen) atoms. The van der Waals surface area contributed by atoms with Crippen LogP contribution in [0.3, 0.4) is 0 Å². The van der Waals surface area contributed by atoms with Crippen LogP contribution < -0.4 is 15.0 Å². The Kier molecular flexibility index (Phi) is 4.82. The molecule has 1 saturated heterocycles. The number of aromatic nitrogens is 2. The van der Waals surface area contributed by atoms with Gasteiger partial charge in [0.2, 0.25) is 16.9 Å². The molecule has 7 nitrogen and oxygen atoms in total. The Morgan fingerprint density at radius 2 is 2.11 bits per heavy atom. The summed E-state index contributed by atoms with van der Waals surface area (Å²) in [4.78, 5) is 26.4. The number of aryl methyl sites for hydroxylation is 3. The highest BCUT2D eigenvalue weighted by Gasteiger charge is 2.36. The molecule has 0 saturated carbocycles. The summed E-state index contributed by atoms with van der Waals surface area (Å²) >= 11 is 1.36. The quantitative estimate of drug-likeness (QED) is 0.850. The number of benzene rings is 1. The average molecular weight is 386 g/mol. The van der Waals surface area contributed by atoms with Gasteiger partial charge in [-0.05, 0) is 43.4 Å². The Balaban J connectivity index is 1.41. The maximum atomic E-state index is 12.6. The molecule has 1 aliphatic carbocycles. The van der Waals surface area contributed by atoms with Gasteiger partial charge in [-0.1, -0.05) is 17.4 Å². The molecule has 1 aromatic heterocycles. The zero-order chi connectivity index (χ0) is 19.0. The molecule has 2 heterocycles. The molecule has 2 amide bonds. The van der Waals surface area contributed by atoms with Crippen LogP contribution in [0.25, 0.3) is 0 Å². The van der Waals surface area contributed by atoms with E-state index in [0.29, 0.717) is 18.2 Å². The Hall–Kier alpha value is -2.48. The number of amides is 2. The predicted octanol–water partition coefficient (Wildman–Crippen LogP) is 2.01. The SMILES string of the molecule is COc1cc2c(cc1CNC(=O)C1CC(=O)N(c3nnc(C)s3)C1)CCC2. The van der Waals surface area contributed by atoms with E-state index in [4.69, 9.17) is 4.74 Å². The third-order valence-corrected chi connectivity index (χ3v) is 6.05. The number of nitrogens with one attached hydrogen (secondary N) is 1. The third kappa shape index (κ3) is 3.53. The number of rotatable bonds is 5. The Morgan fingerprint density at radius 1 is 1.33 bits per heavy atom. The third-order valence-electron chi connectivity index (χ3n) is 5.19. The molecule has 1 aliphatic heterocycles. The molecule has 2 aliphatic rings. The van der Waals surface area contributed by atoms with Gasteiger partial charge in [0, 0.05) is 25.1 Å². The monoisotopic (exact) mass is 386 g/mol. The van der Waals surface area contributed by atoms with E-state index in [2.05, 4.69) is 27.6 Å². The zero-order valence-corrected chi connectivity index (χ0v) is 16.3. The lowest BCUT2D eigenvalue weighted by molar-refractivity contribution is -0.126. The van der Waals surface area contributed by atoms with Crippen LogP contribution in [0.15, 0.2) is 12.1 Å². The average Bonchev–Trinajstić information content (AvgIpc) is 3.37. The zero-order valence-electron chi connectivity index (χ0n) is 15.4. The Labute approximate surface area is 161 Å². The standard InChI is InChI=1S/C19H22N4O3S/c1-11-21-22-19(27-11)23-10-15(8-17(23)24)18(25)20-9-14-6-12-4-3-5-13(12)7-16(14)26-2/h6-7,15H,3-5,8-10H2,1-2H3,(H,20,25). The first-order chi connectivity index (χ1) is 13.0. The van der Waals surface area contributed by atoms with E-state index in [-0.39, 0.29) is 24.2 Å². The summed E-state index contributed by atoms with van der Waals surface area (Å²) in [6.45, 7) is 2.59. The first-order valence-corrected chi connectivity index (χ1v) is 9.93. The summed E-state index contributed by atoms with van der Waals surface area (Å²) in [5.41, 5.74) is 3.66. The van der Waals surface area contributed by atoms with Gasteiger partial charge in [-0.3, -0.25) is 14.5 Å². The second-order valence-corrected chi connectivity index (χ2v) is 8.17. The largest absolute Gasteiger partial charge is 0.496 e. The van der Waals surface area contributed by atoms with Gasteiger partial charge < -0.3 is 10.1 Å². The van der Waals surface area contributed by atoms with Crippen LogP contribution in [0.5, 0.6) is 5.75 Å². The van der Waals surface area contributed by atoms with Crippen molar-refractivity contribution in [1.82, 2.24) is 15.5 Å². The van der Waals surface area contributed by atoms with Crippen LogP contribution in [0.2, 0.25) is 0 Å². The molecule has 0 radical (unpaired) electrons. The summed E-state index contributed by atoms with van der Waals surface area (Å²) in [6.07, 6.45) is 3.53. The Bertz CT molecular complexity index is 895. The van der Waals surface area contributed by atoms with E-state index < -0.39 is 0 Å². The van der Waals surface area contributed by atoms with E-state index in [9.17, 15) is 9.59 Å². The molecule has 142 valence electrons. The summed E-state index contributed by atoms with van der Waals surface area (Å²) in [6, 6.07) is 4.22. The fourth-order valence-corrected chi connectivity index (χ4v) is 4.48. The predicted molar refractivity (Wildman–Crippen MR) is 102 cm³/mol. The van der Waals surface area contributed by atoms with Gasteiger partial charge >= 0.3 is 0 Å². The van der Waals surface area contributed by atoms with Gasteiger partial charge in [-0.2, -0.15) is 0 Å². The van der Waals surface area contributed by atoms with E-state index in [1.165, 1.54) is 28.9 Å². The van der Waals surface area contributed by atoms with Crippen LogP contribution in [0.4, 0.5) is 5.13 Å². The van der Waals surface area contributed by atoms with Crippen molar-refractivity contribution in [1.29, 1.82) is 0 Å². The fraction of sp³-hybridized carbons (Fsp3) is 0.474. The molecule has 2 aromatic rings. The lowest BCUT2D eigenvalue weighted by Crippen LogP contribution is -2.32. The number of ether oxygens (including phenoxy) is 1. The highest BCUT2D eigenvalue weighted by Crippen LogP contribution is 2.30. The topological polar surface area (TPSA) is 84.4 Å². The number of hydrogen-bond acceptors (Lipinski definition) is 6. The molecule has 1 N–H and O–H groups in total. The van der Waals surface area contributed by atoms with Gasteiger partial charge in [0.25, 0.3) is 0 Å². The summed E-state index contributed by atoms with van der Waals surface area (Å²) in [7, 11) is 1.65. The van der Waals surface area contributed by atoms with E-state index in [1.54, 1.807) is 12.0 Å². The molecule has 0 spiro atoms. The molecule has 1 atom stereocenters. The highest BCUT2D eigenvalue weighted by atomic mass is 32.1. The van der Waals surface area contributed by atoms with Crippen molar-refractivity contribution in [2.45, 2.75) is 39.2 Å². The fourth-order valence-electron chi connectivity index (χ4n) is 3.77. The minimum Gasteiger partial charge on any atom is -0.496 e. The smallest absolute Gasteiger partial charge is 0.229 e. The van der Waals surface area contributed by atoms with Crippen molar-refractivity contribution in [3.8, 4) is 5.75 Å². The maximum Gasteiger partial charge on any atom is 0.229 e. The van der Waals surface area contributed by atoms with Crippen molar-refractivity contribution in [3.05, 3.63) is 33.8 Å². The van der Waals surface area contributed by atoms with Crippen molar-refractivity contribution in [2.24, 2.45) is 5.92 Å². The van der Waals surface area contributed by atoms with Crippen molar-refractivity contribution < 1.29 is 14.3 Å². The molecular formula is C19H22N4O3S. The maximum absolute atomic E-state index is 12.6. The Morgan fingerprint density at radius 3 is 2.81 bits per heavy atom. The van der Waals surface area contributed by atoms with Crippen molar-refractivity contribution >= 4 is 28.3 Å². The number of hydrogen-bond donors (Lipinski definition) is 1. The molecule has 8 heteroatoms. The number of methoxy groups -OCH3 is 1. The molecule has 1 unspecified atom stereocenters. The normalized spacial score (nSPS) is 18.7. The second-order valence-electron chi connectivity index (χ2n) is 7.01. The molecule has 1 fully saturated rings. The molecule has 1 aromatic carbocycles. The molecule has 4 rings (SSSR count). The second kappa shape index (κ2) is 7.26. The van der Waals surface area contributed by atoms with Crippen LogP contribution >= 0.6 is 11.3 Å². The molecule has 0 bridgehead atoms. The molecular weight excluding hydrogens is 364 g/mol. The highest BCUT2D eigenvalue weighted by molar-refractivity contribution is 7.15. The lowest BCUT2D eigenvalue weighted by Gasteiger charge is -2.15. The van der Waals surface area contributed by atoms with E-state index in [0.717, 1.165) is 29.2 Å². The minimum atomic E-state index is -0.373. The van der Waals surface area contributed by atoms with Crippen LogP contribution in [-0.4, -0.2) is 35.7 Å². The first kappa shape index (κ1) is 17.9. The van der Waals surface area contributed by atoms with Crippen molar-refractivity contribution in [2.75, 3.05) is 18.6 Å². The lowest BCUT2D eigenvalue weighted by atomic mass is 10.0. The van der Waals surface area contributed by atoms with Gasteiger partial charge in [0.1, 0.15) is 10.8 Å². The number of fused-ring (bicyclic) bond motifs is 1. The number of carbonyl (C=O) groups is 2. The first-order valence-electron chi connectivity index (χ1n) is 9.12. The number of nitrogens with zero attached hydrogens (tertiary/aromatic N) is 3. The number of anilines is 1. The van der Waals surface area contributed by atoms with Gasteiger partial charge in [0.15, 0.2) is 0 Å².